The lowest BCUT2D eigenvalue weighted by atomic mass is 10.2. The second-order valence-electron chi connectivity index (χ2n) is 3.77. The van der Waals surface area contributed by atoms with E-state index in [2.05, 4.69) is 22.2 Å². The molecular formula is C11H19N3O. The van der Waals surface area contributed by atoms with E-state index in [1.165, 1.54) is 0 Å². The lowest BCUT2D eigenvalue weighted by Crippen LogP contribution is -2.20. The molecule has 0 aliphatic heterocycles. The summed E-state index contributed by atoms with van der Waals surface area (Å²) in [5.74, 6) is 0.769. The summed E-state index contributed by atoms with van der Waals surface area (Å²) in [5, 5.41) is 12.7. The van der Waals surface area contributed by atoms with E-state index in [1.54, 1.807) is 6.20 Å². The molecule has 1 heterocycles. The van der Waals surface area contributed by atoms with Crippen LogP contribution in [0.1, 0.15) is 31.2 Å². The molecule has 1 rings (SSSR count). The van der Waals surface area contributed by atoms with Crippen molar-refractivity contribution in [3.8, 4) is 0 Å². The maximum absolute atomic E-state index is 9.56. The van der Waals surface area contributed by atoms with Gasteiger partial charge in [-0.25, -0.2) is 4.98 Å². The molecule has 2 N–H and O–H groups in total. The summed E-state index contributed by atoms with van der Waals surface area (Å²) in [6.45, 7) is 6.40. The Kier molecular flexibility index (Phi) is 4.49. The van der Waals surface area contributed by atoms with Gasteiger partial charge in [-0.2, -0.15) is 0 Å². The molecule has 1 aromatic heterocycles. The fourth-order valence-corrected chi connectivity index (χ4v) is 1.35. The highest BCUT2D eigenvalue weighted by molar-refractivity contribution is 5.39. The monoisotopic (exact) mass is 209 g/mol. The van der Waals surface area contributed by atoms with Gasteiger partial charge in [-0.1, -0.05) is 13.3 Å². The first-order valence-corrected chi connectivity index (χ1v) is 5.35. The van der Waals surface area contributed by atoms with Gasteiger partial charge in [0.2, 0.25) is 0 Å². The first kappa shape index (κ1) is 11.9. The molecule has 1 atom stereocenters. The highest BCUT2D eigenvalue weighted by Gasteiger charge is 2.05. The van der Waals surface area contributed by atoms with Gasteiger partial charge in [-0.05, 0) is 20.3 Å². The Hall–Kier alpha value is -1.16. The second-order valence-corrected chi connectivity index (χ2v) is 3.77. The fourth-order valence-electron chi connectivity index (χ4n) is 1.35. The maximum atomic E-state index is 9.56. The molecule has 1 unspecified atom stereocenters. The van der Waals surface area contributed by atoms with Crippen LogP contribution < -0.4 is 5.32 Å². The quantitative estimate of drug-likeness (QED) is 0.774. The molecule has 4 nitrogen and oxygen atoms in total. The third-order valence-corrected chi connectivity index (χ3v) is 2.20. The molecule has 0 radical (unpaired) electrons. The van der Waals surface area contributed by atoms with E-state index in [4.69, 9.17) is 0 Å². The molecule has 0 amide bonds. The number of hydrogen-bond donors (Lipinski definition) is 2. The predicted molar refractivity (Wildman–Crippen MR) is 60.9 cm³/mol. The zero-order valence-corrected chi connectivity index (χ0v) is 9.62. The highest BCUT2D eigenvalue weighted by Crippen LogP contribution is 2.09. The van der Waals surface area contributed by atoms with Crippen LogP contribution >= 0.6 is 0 Å². The van der Waals surface area contributed by atoms with Crippen molar-refractivity contribution in [3.63, 3.8) is 0 Å². The molecular weight excluding hydrogens is 190 g/mol. The van der Waals surface area contributed by atoms with Crippen molar-refractivity contribution in [1.29, 1.82) is 0 Å². The first-order valence-electron chi connectivity index (χ1n) is 5.35. The number of aryl methyl sites for hydroxylation is 2. The number of aliphatic hydroxyl groups is 1. The van der Waals surface area contributed by atoms with Crippen LogP contribution in [0.25, 0.3) is 0 Å². The van der Waals surface area contributed by atoms with Crippen molar-refractivity contribution < 1.29 is 5.11 Å². The standard InChI is InChI=1S/C11H19N3O/c1-4-5-10(15)7-13-11-9(3)12-6-8(2)14-11/h6,10,15H,4-5,7H2,1-3H3,(H,13,14). The van der Waals surface area contributed by atoms with Gasteiger partial charge in [-0.3, -0.25) is 4.98 Å². The van der Waals surface area contributed by atoms with Crippen molar-refractivity contribution in [2.45, 2.75) is 39.7 Å². The third kappa shape index (κ3) is 3.83. The number of nitrogens with one attached hydrogen (secondary N) is 1. The summed E-state index contributed by atoms with van der Waals surface area (Å²) in [4.78, 5) is 8.52. The van der Waals surface area contributed by atoms with Crippen LogP contribution in [0, 0.1) is 13.8 Å². The van der Waals surface area contributed by atoms with Gasteiger partial charge in [-0.15, -0.1) is 0 Å². The Morgan fingerprint density at radius 1 is 1.47 bits per heavy atom. The van der Waals surface area contributed by atoms with Crippen LogP contribution in [0.15, 0.2) is 6.20 Å². The molecule has 84 valence electrons. The Bertz CT molecular complexity index is 315. The van der Waals surface area contributed by atoms with E-state index in [0.717, 1.165) is 30.0 Å². The number of nitrogens with zero attached hydrogens (tertiary/aromatic N) is 2. The Balaban J connectivity index is 2.53. The summed E-state index contributed by atoms with van der Waals surface area (Å²) in [5.41, 5.74) is 1.75. The van der Waals surface area contributed by atoms with Crippen molar-refractivity contribution >= 4 is 5.82 Å². The van der Waals surface area contributed by atoms with E-state index in [9.17, 15) is 5.11 Å². The van der Waals surface area contributed by atoms with E-state index in [1.807, 2.05) is 13.8 Å². The van der Waals surface area contributed by atoms with Crippen molar-refractivity contribution in [2.75, 3.05) is 11.9 Å². The molecule has 0 saturated carbocycles. The van der Waals surface area contributed by atoms with Crippen LogP contribution in [-0.2, 0) is 0 Å². The number of rotatable bonds is 5. The summed E-state index contributed by atoms with van der Waals surface area (Å²) in [6, 6.07) is 0. The molecule has 1 aromatic rings. The number of aromatic nitrogens is 2. The van der Waals surface area contributed by atoms with Gasteiger partial charge in [0.1, 0.15) is 5.82 Å². The summed E-state index contributed by atoms with van der Waals surface area (Å²) >= 11 is 0. The van der Waals surface area contributed by atoms with Crippen LogP contribution in [0.5, 0.6) is 0 Å². The third-order valence-electron chi connectivity index (χ3n) is 2.20. The van der Waals surface area contributed by atoms with E-state index >= 15 is 0 Å². The van der Waals surface area contributed by atoms with Crippen molar-refractivity contribution in [2.24, 2.45) is 0 Å². The first-order chi connectivity index (χ1) is 7.13. The maximum Gasteiger partial charge on any atom is 0.147 e. The number of anilines is 1. The number of aliphatic hydroxyl groups excluding tert-OH is 1. The highest BCUT2D eigenvalue weighted by atomic mass is 16.3. The molecule has 0 aliphatic carbocycles. The minimum atomic E-state index is -0.309. The average Bonchev–Trinajstić information content (AvgIpc) is 2.20. The minimum absolute atomic E-state index is 0.309. The van der Waals surface area contributed by atoms with Gasteiger partial charge in [0.15, 0.2) is 0 Å². The predicted octanol–water partition coefficient (Wildman–Crippen LogP) is 1.67. The Morgan fingerprint density at radius 3 is 2.87 bits per heavy atom. The van der Waals surface area contributed by atoms with Crippen LogP contribution in [-0.4, -0.2) is 27.7 Å². The molecule has 0 aliphatic rings. The Labute approximate surface area is 90.8 Å². The van der Waals surface area contributed by atoms with Gasteiger partial charge in [0, 0.05) is 12.7 Å². The zero-order valence-electron chi connectivity index (χ0n) is 9.62. The van der Waals surface area contributed by atoms with E-state index < -0.39 is 0 Å². The van der Waals surface area contributed by atoms with Crippen LogP contribution in [0.3, 0.4) is 0 Å². The fraction of sp³-hybridized carbons (Fsp3) is 0.636. The van der Waals surface area contributed by atoms with Gasteiger partial charge in [0.05, 0.1) is 17.5 Å². The van der Waals surface area contributed by atoms with Gasteiger partial charge >= 0.3 is 0 Å². The summed E-state index contributed by atoms with van der Waals surface area (Å²) < 4.78 is 0. The lowest BCUT2D eigenvalue weighted by Gasteiger charge is -2.12. The van der Waals surface area contributed by atoms with Crippen molar-refractivity contribution in [1.82, 2.24) is 9.97 Å². The van der Waals surface area contributed by atoms with Crippen molar-refractivity contribution in [3.05, 3.63) is 17.6 Å². The van der Waals surface area contributed by atoms with Gasteiger partial charge < -0.3 is 10.4 Å². The van der Waals surface area contributed by atoms with Gasteiger partial charge in [0.25, 0.3) is 0 Å². The number of hydrogen-bond acceptors (Lipinski definition) is 4. The van der Waals surface area contributed by atoms with Crippen LogP contribution in [0.4, 0.5) is 5.82 Å². The minimum Gasteiger partial charge on any atom is -0.391 e. The molecule has 0 spiro atoms. The molecule has 15 heavy (non-hydrogen) atoms. The lowest BCUT2D eigenvalue weighted by molar-refractivity contribution is 0.176. The smallest absolute Gasteiger partial charge is 0.147 e. The molecule has 0 aromatic carbocycles. The molecule has 4 heteroatoms. The summed E-state index contributed by atoms with van der Waals surface area (Å²) in [7, 11) is 0. The largest absolute Gasteiger partial charge is 0.391 e. The second kappa shape index (κ2) is 5.66. The normalized spacial score (nSPS) is 12.5. The van der Waals surface area contributed by atoms with E-state index in [-0.39, 0.29) is 6.10 Å². The topological polar surface area (TPSA) is 58.0 Å². The Morgan fingerprint density at radius 2 is 2.20 bits per heavy atom. The summed E-state index contributed by atoms with van der Waals surface area (Å²) in [6.07, 6.45) is 3.23. The van der Waals surface area contributed by atoms with E-state index in [0.29, 0.717) is 6.54 Å². The average molecular weight is 209 g/mol. The SMILES string of the molecule is CCCC(O)CNc1nc(C)cnc1C. The molecule has 0 saturated heterocycles. The zero-order chi connectivity index (χ0) is 11.3. The molecule has 0 bridgehead atoms. The van der Waals surface area contributed by atoms with Crippen LogP contribution in [0.2, 0.25) is 0 Å². The molecule has 0 fully saturated rings.